The molecule has 0 amide bonds. The Morgan fingerprint density at radius 2 is 1.87 bits per heavy atom. The highest BCUT2D eigenvalue weighted by Crippen LogP contribution is 2.66. The van der Waals surface area contributed by atoms with Crippen molar-refractivity contribution in [2.45, 2.75) is 24.6 Å². The minimum absolute atomic E-state index is 0.0269. The maximum Gasteiger partial charge on any atom is 0.486 e. The molecule has 0 saturated carbocycles. The molecule has 2 fully saturated rings. The van der Waals surface area contributed by atoms with E-state index in [-0.39, 0.29) is 24.6 Å². The molecule has 0 radical (unpaired) electrons. The van der Waals surface area contributed by atoms with Crippen molar-refractivity contribution in [1.82, 2.24) is 0 Å². The number of fused-ring (bicyclic) bond motifs is 1. The monoisotopic (exact) mass is 392 g/mol. The highest BCUT2D eigenvalue weighted by atomic mass is 31.3. The standard InChI is InChI=1S/C9H20BO10P3/c1-21(11,12)19-23(14,15)20-22(2,13)17-5-7-8-6(3-4-16-8)9(10)18-7/h6-9H,3-5,10H2,1-2H3,(H,11,12)(H,14,15). The van der Waals surface area contributed by atoms with Crippen molar-refractivity contribution >= 4 is 30.9 Å². The van der Waals surface area contributed by atoms with Crippen LogP contribution >= 0.6 is 23.0 Å². The Morgan fingerprint density at radius 3 is 2.48 bits per heavy atom. The summed E-state index contributed by atoms with van der Waals surface area (Å²) < 4.78 is 59.4. The van der Waals surface area contributed by atoms with Crippen LogP contribution in [0.4, 0.5) is 0 Å². The number of hydrogen-bond donors (Lipinski definition) is 2. The average molecular weight is 392 g/mol. The second-order valence-electron chi connectivity index (χ2n) is 5.67. The number of hydrogen-bond acceptors (Lipinski definition) is 8. The lowest BCUT2D eigenvalue weighted by Gasteiger charge is -2.21. The smallest absolute Gasteiger partial charge is 0.378 e. The minimum atomic E-state index is -5.00. The second kappa shape index (κ2) is 7.00. The fourth-order valence-corrected chi connectivity index (χ4v) is 6.75. The number of ether oxygens (including phenoxy) is 2. The van der Waals surface area contributed by atoms with Crippen LogP contribution in [0.1, 0.15) is 6.42 Å². The molecule has 2 N–H and O–H groups in total. The van der Waals surface area contributed by atoms with Crippen molar-refractivity contribution in [2.24, 2.45) is 5.92 Å². The van der Waals surface area contributed by atoms with E-state index in [9.17, 15) is 18.6 Å². The first-order valence-electron chi connectivity index (χ1n) is 6.93. The van der Waals surface area contributed by atoms with Gasteiger partial charge in [-0.05, 0) is 6.42 Å². The van der Waals surface area contributed by atoms with Crippen LogP contribution in [0.2, 0.25) is 0 Å². The number of phosphoric acid groups is 1. The molecule has 14 heteroatoms. The first-order chi connectivity index (χ1) is 10.4. The van der Waals surface area contributed by atoms with E-state index in [1.165, 1.54) is 0 Å². The van der Waals surface area contributed by atoms with Crippen molar-refractivity contribution in [3.8, 4) is 0 Å². The molecule has 0 aromatic heterocycles. The molecule has 2 saturated heterocycles. The van der Waals surface area contributed by atoms with Crippen LogP contribution in [0.5, 0.6) is 0 Å². The summed E-state index contributed by atoms with van der Waals surface area (Å²) in [4.78, 5) is 18.3. The average Bonchev–Trinajstić information content (AvgIpc) is 2.86. The lowest BCUT2D eigenvalue weighted by atomic mass is 9.84. The Morgan fingerprint density at radius 1 is 1.22 bits per heavy atom. The van der Waals surface area contributed by atoms with E-state index in [0.29, 0.717) is 13.3 Å². The summed E-state index contributed by atoms with van der Waals surface area (Å²) in [7, 11) is -11.4. The quantitative estimate of drug-likeness (QED) is 0.466. The Hall–Kier alpha value is 0.475. The van der Waals surface area contributed by atoms with Crippen LogP contribution in [-0.2, 0) is 36.3 Å². The van der Waals surface area contributed by atoms with Crippen molar-refractivity contribution in [2.75, 3.05) is 26.5 Å². The van der Waals surface area contributed by atoms with Crippen LogP contribution in [0.3, 0.4) is 0 Å². The molecule has 2 rings (SSSR count). The topological polar surface area (TPSA) is 138 Å². The maximum atomic E-state index is 12.1. The van der Waals surface area contributed by atoms with Crippen LogP contribution in [0.15, 0.2) is 0 Å². The minimum Gasteiger partial charge on any atom is -0.378 e. The Labute approximate surface area is 134 Å². The summed E-state index contributed by atoms with van der Waals surface area (Å²) in [5.41, 5.74) is 0. The largest absolute Gasteiger partial charge is 0.486 e. The Kier molecular flexibility index (Phi) is 6.03. The van der Waals surface area contributed by atoms with Gasteiger partial charge >= 0.3 is 23.0 Å². The van der Waals surface area contributed by atoms with Gasteiger partial charge in [-0.15, -0.1) is 0 Å². The molecular weight excluding hydrogens is 372 g/mol. The van der Waals surface area contributed by atoms with E-state index in [0.717, 1.165) is 13.1 Å². The Bertz CT molecular complexity index is 578. The third kappa shape index (κ3) is 5.75. The first-order valence-corrected chi connectivity index (χ1v) is 12.4. The van der Waals surface area contributed by atoms with Gasteiger partial charge in [0.05, 0.1) is 12.7 Å². The molecule has 2 aliphatic rings. The van der Waals surface area contributed by atoms with Crippen molar-refractivity contribution in [3.63, 3.8) is 0 Å². The third-order valence-electron chi connectivity index (χ3n) is 3.52. The molecule has 134 valence electrons. The fraction of sp³-hybridized carbons (Fsp3) is 1.00. The predicted octanol–water partition coefficient (Wildman–Crippen LogP) is 0.538. The van der Waals surface area contributed by atoms with E-state index in [2.05, 4.69) is 8.62 Å². The molecule has 2 heterocycles. The van der Waals surface area contributed by atoms with Crippen LogP contribution < -0.4 is 0 Å². The Balaban J connectivity index is 1.90. The van der Waals surface area contributed by atoms with Gasteiger partial charge in [0.25, 0.3) is 0 Å². The SMILES string of the molecule is BC1OC(COP(C)(=O)OP(=O)(O)OP(C)(=O)O)C2OCCC12. The summed E-state index contributed by atoms with van der Waals surface area (Å²) in [6, 6.07) is -0.0269. The lowest BCUT2D eigenvalue weighted by molar-refractivity contribution is -0.0234. The summed E-state index contributed by atoms with van der Waals surface area (Å²) in [6.45, 7) is 2.11. The zero-order chi connectivity index (χ0) is 17.5. The molecular formula is C9H20BO10P3. The molecule has 7 unspecified atom stereocenters. The van der Waals surface area contributed by atoms with E-state index in [1.807, 2.05) is 7.85 Å². The van der Waals surface area contributed by atoms with Gasteiger partial charge in [-0.1, -0.05) is 0 Å². The van der Waals surface area contributed by atoms with E-state index < -0.39 is 29.1 Å². The zero-order valence-corrected chi connectivity index (χ0v) is 15.6. The molecule has 0 aromatic carbocycles. The van der Waals surface area contributed by atoms with Gasteiger partial charge in [0.15, 0.2) is 0 Å². The van der Waals surface area contributed by atoms with Crippen molar-refractivity contribution in [3.05, 3.63) is 0 Å². The fourth-order valence-electron chi connectivity index (χ4n) is 2.73. The normalized spacial score (nSPS) is 38.4. The molecule has 2 aliphatic heterocycles. The molecule has 7 atom stereocenters. The lowest BCUT2D eigenvalue weighted by Crippen LogP contribution is -2.28. The van der Waals surface area contributed by atoms with Gasteiger partial charge in [0, 0.05) is 31.9 Å². The van der Waals surface area contributed by atoms with Gasteiger partial charge < -0.3 is 23.8 Å². The van der Waals surface area contributed by atoms with Gasteiger partial charge in [0.1, 0.15) is 14.0 Å². The maximum absolute atomic E-state index is 12.1. The van der Waals surface area contributed by atoms with Crippen molar-refractivity contribution in [1.29, 1.82) is 0 Å². The summed E-state index contributed by atoms with van der Waals surface area (Å²) in [5, 5.41) is 0. The first kappa shape index (κ1) is 19.8. The highest BCUT2D eigenvalue weighted by Gasteiger charge is 2.47. The van der Waals surface area contributed by atoms with Gasteiger partial charge in [-0.2, -0.15) is 0 Å². The van der Waals surface area contributed by atoms with Crippen LogP contribution in [0, 0.1) is 5.92 Å². The number of rotatable bonds is 7. The van der Waals surface area contributed by atoms with Gasteiger partial charge in [-0.25, -0.2) is 13.2 Å². The van der Waals surface area contributed by atoms with Crippen molar-refractivity contribution < 1.29 is 46.1 Å². The molecule has 0 aromatic rings. The summed E-state index contributed by atoms with van der Waals surface area (Å²) in [5.74, 6) is 0.230. The molecule has 0 bridgehead atoms. The van der Waals surface area contributed by atoms with E-state index in [1.54, 1.807) is 0 Å². The molecule has 23 heavy (non-hydrogen) atoms. The highest BCUT2D eigenvalue weighted by molar-refractivity contribution is 7.69. The van der Waals surface area contributed by atoms with Gasteiger partial charge in [0.2, 0.25) is 0 Å². The molecule has 10 nitrogen and oxygen atoms in total. The molecule has 0 spiro atoms. The summed E-state index contributed by atoms with van der Waals surface area (Å²) in [6.07, 6.45) is 0.212. The van der Waals surface area contributed by atoms with Crippen LogP contribution in [-0.4, -0.2) is 62.4 Å². The predicted molar refractivity (Wildman–Crippen MR) is 82.3 cm³/mol. The summed E-state index contributed by atoms with van der Waals surface area (Å²) >= 11 is 0. The van der Waals surface area contributed by atoms with E-state index >= 15 is 0 Å². The van der Waals surface area contributed by atoms with Gasteiger partial charge in [-0.3, -0.25) is 9.13 Å². The zero-order valence-electron chi connectivity index (χ0n) is 12.9. The molecule has 0 aliphatic carbocycles. The van der Waals surface area contributed by atoms with Crippen LogP contribution in [0.25, 0.3) is 0 Å². The second-order valence-corrected chi connectivity index (χ2v) is 11.3. The third-order valence-corrected chi connectivity index (χ3v) is 8.19. The van der Waals surface area contributed by atoms with E-state index in [4.69, 9.17) is 18.9 Å².